The number of halogens is 4. The number of alkyl halides is 3. The molecule has 5 nitrogen and oxygen atoms in total. The van der Waals surface area contributed by atoms with Crippen LogP contribution in [0.5, 0.6) is 0 Å². The second-order valence-corrected chi connectivity index (χ2v) is 6.56. The maximum absolute atomic E-state index is 13.0. The Balaban J connectivity index is 1.56. The van der Waals surface area contributed by atoms with Crippen molar-refractivity contribution < 1.29 is 18.0 Å². The summed E-state index contributed by atoms with van der Waals surface area (Å²) in [5, 5.41) is 2.50. The topological polar surface area (TPSA) is 48.5 Å². The molecule has 0 atom stereocenters. The lowest BCUT2D eigenvalue weighted by molar-refractivity contribution is -0.137. The van der Waals surface area contributed by atoms with E-state index in [1.165, 1.54) is 6.07 Å². The molecule has 2 aromatic rings. The molecule has 1 saturated heterocycles. The molecule has 1 fully saturated rings. The highest BCUT2D eigenvalue weighted by atomic mass is 35.5. The zero-order valence-electron chi connectivity index (χ0n) is 14.3. The second kappa shape index (κ2) is 8.04. The van der Waals surface area contributed by atoms with E-state index in [0.717, 1.165) is 11.6 Å². The molecule has 0 bridgehead atoms. The molecule has 1 aromatic heterocycles. The molecule has 0 saturated carbocycles. The van der Waals surface area contributed by atoms with Gasteiger partial charge in [0.25, 0.3) is 0 Å². The molecule has 0 aliphatic carbocycles. The second-order valence-electron chi connectivity index (χ2n) is 6.16. The summed E-state index contributed by atoms with van der Waals surface area (Å²) < 4.78 is 39.1. The van der Waals surface area contributed by atoms with E-state index >= 15 is 0 Å². The third-order valence-electron chi connectivity index (χ3n) is 4.35. The van der Waals surface area contributed by atoms with E-state index in [9.17, 15) is 18.0 Å². The molecule has 1 aliphatic heterocycles. The Morgan fingerprint density at radius 1 is 1.19 bits per heavy atom. The summed E-state index contributed by atoms with van der Waals surface area (Å²) in [6, 6.07) is 7.33. The predicted octanol–water partition coefficient (Wildman–Crippen LogP) is 3.79. The maximum Gasteiger partial charge on any atom is 0.417 e. The number of nitrogens with one attached hydrogen (secondary N) is 1. The molecule has 1 aromatic carbocycles. The number of carbonyl (C=O) groups excluding carboxylic acids is 1. The van der Waals surface area contributed by atoms with E-state index in [1.807, 2.05) is 11.0 Å². The zero-order valence-corrected chi connectivity index (χ0v) is 15.1. The van der Waals surface area contributed by atoms with Gasteiger partial charge in [-0.1, -0.05) is 17.7 Å². The number of carbonyl (C=O) groups is 1. The van der Waals surface area contributed by atoms with Crippen LogP contribution in [0.3, 0.4) is 0 Å². The zero-order chi connectivity index (χ0) is 19.4. The number of pyridine rings is 1. The highest BCUT2D eigenvalue weighted by Gasteiger charge is 2.34. The predicted molar refractivity (Wildman–Crippen MR) is 96.7 cm³/mol. The van der Waals surface area contributed by atoms with Crippen LogP contribution in [0.2, 0.25) is 5.02 Å². The fourth-order valence-corrected chi connectivity index (χ4v) is 3.11. The quantitative estimate of drug-likeness (QED) is 0.855. The van der Waals surface area contributed by atoms with Gasteiger partial charge in [0.05, 0.1) is 10.6 Å². The Kier molecular flexibility index (Phi) is 5.74. The van der Waals surface area contributed by atoms with Crippen LogP contribution in [-0.2, 0) is 12.7 Å². The van der Waals surface area contributed by atoms with Crippen LogP contribution in [0.15, 0.2) is 42.7 Å². The van der Waals surface area contributed by atoms with Gasteiger partial charge in [-0.25, -0.2) is 4.79 Å². The Hall–Kier alpha value is -2.48. The normalized spacial score (nSPS) is 15.0. The van der Waals surface area contributed by atoms with Gasteiger partial charge in [-0.15, -0.1) is 0 Å². The molecule has 0 unspecified atom stereocenters. The minimum atomic E-state index is -4.50. The summed E-state index contributed by atoms with van der Waals surface area (Å²) in [5.41, 5.74) is 0.491. The van der Waals surface area contributed by atoms with Crippen LogP contribution in [0.1, 0.15) is 11.1 Å². The number of urea groups is 1. The van der Waals surface area contributed by atoms with E-state index in [4.69, 9.17) is 11.6 Å². The van der Waals surface area contributed by atoms with Crippen LogP contribution < -0.4 is 10.2 Å². The van der Waals surface area contributed by atoms with Gasteiger partial charge in [0, 0.05) is 50.8 Å². The highest BCUT2D eigenvalue weighted by molar-refractivity contribution is 6.31. The Morgan fingerprint density at radius 2 is 1.93 bits per heavy atom. The summed E-state index contributed by atoms with van der Waals surface area (Å²) >= 11 is 5.67. The molecule has 0 radical (unpaired) electrons. The van der Waals surface area contributed by atoms with Crippen molar-refractivity contribution in [3.63, 3.8) is 0 Å². The summed E-state index contributed by atoms with van der Waals surface area (Å²) in [7, 11) is 0. The van der Waals surface area contributed by atoms with Crippen LogP contribution in [0, 0.1) is 0 Å². The third-order valence-corrected chi connectivity index (χ3v) is 4.68. The van der Waals surface area contributed by atoms with E-state index in [2.05, 4.69) is 10.3 Å². The lowest BCUT2D eigenvalue weighted by atomic mass is 10.1. The van der Waals surface area contributed by atoms with Crippen molar-refractivity contribution in [2.75, 3.05) is 31.1 Å². The summed E-state index contributed by atoms with van der Waals surface area (Å²) in [6.45, 7) is 2.10. The number of amides is 2. The lowest BCUT2D eigenvalue weighted by Crippen LogP contribution is -2.51. The summed E-state index contributed by atoms with van der Waals surface area (Å²) in [6.07, 6.45) is -1.16. The highest BCUT2D eigenvalue weighted by Crippen LogP contribution is 2.37. The van der Waals surface area contributed by atoms with Gasteiger partial charge in [0.1, 0.15) is 0 Å². The van der Waals surface area contributed by atoms with Crippen molar-refractivity contribution >= 4 is 23.3 Å². The summed E-state index contributed by atoms with van der Waals surface area (Å²) in [4.78, 5) is 19.7. The van der Waals surface area contributed by atoms with Gasteiger partial charge in [-0.3, -0.25) is 4.98 Å². The Bertz CT molecular complexity index is 793. The smallest absolute Gasteiger partial charge is 0.368 e. The van der Waals surface area contributed by atoms with Gasteiger partial charge in [-0.2, -0.15) is 13.2 Å². The number of anilines is 1. The van der Waals surface area contributed by atoms with Crippen molar-refractivity contribution in [1.82, 2.24) is 15.2 Å². The fourth-order valence-electron chi connectivity index (χ4n) is 2.89. The van der Waals surface area contributed by atoms with Crippen molar-refractivity contribution in [3.05, 3.63) is 58.9 Å². The van der Waals surface area contributed by atoms with Gasteiger partial charge in [0.15, 0.2) is 0 Å². The number of hydrogen-bond acceptors (Lipinski definition) is 3. The Labute approximate surface area is 159 Å². The molecule has 2 heterocycles. The number of aromatic nitrogens is 1. The first kappa shape index (κ1) is 19.3. The number of hydrogen-bond donors (Lipinski definition) is 1. The van der Waals surface area contributed by atoms with Crippen molar-refractivity contribution in [2.24, 2.45) is 0 Å². The molecule has 3 rings (SSSR count). The SMILES string of the molecule is O=C(NCc1cccnc1)N1CCN(c2ccc(Cl)c(C(F)(F)F)c2)CC1. The molecule has 1 aliphatic rings. The van der Waals surface area contributed by atoms with Crippen molar-refractivity contribution in [1.29, 1.82) is 0 Å². The number of piperazine rings is 1. The van der Waals surface area contributed by atoms with Crippen LogP contribution in [0.4, 0.5) is 23.7 Å². The molecule has 2 amide bonds. The minimum Gasteiger partial charge on any atom is -0.368 e. The fraction of sp³-hybridized carbons (Fsp3) is 0.333. The largest absolute Gasteiger partial charge is 0.417 e. The van der Waals surface area contributed by atoms with E-state index < -0.39 is 11.7 Å². The number of nitrogens with zero attached hydrogens (tertiary/aromatic N) is 3. The standard InChI is InChI=1S/C18H18ClF3N4O/c19-16-4-3-14(10-15(16)18(20,21)22)25-6-8-26(9-7-25)17(27)24-12-13-2-1-5-23-11-13/h1-5,10-11H,6-9,12H2,(H,24,27). The van der Waals surface area contributed by atoms with Crippen molar-refractivity contribution in [2.45, 2.75) is 12.7 Å². The lowest BCUT2D eigenvalue weighted by Gasteiger charge is -2.36. The number of rotatable bonds is 3. The van der Waals surface area contributed by atoms with Gasteiger partial charge < -0.3 is 15.1 Å². The van der Waals surface area contributed by atoms with E-state index in [0.29, 0.717) is 38.4 Å². The first-order chi connectivity index (χ1) is 12.8. The number of benzene rings is 1. The first-order valence-electron chi connectivity index (χ1n) is 8.38. The summed E-state index contributed by atoms with van der Waals surface area (Å²) in [5.74, 6) is 0. The maximum atomic E-state index is 13.0. The third kappa shape index (κ3) is 4.82. The molecule has 9 heteroatoms. The monoisotopic (exact) mass is 398 g/mol. The molecular weight excluding hydrogens is 381 g/mol. The Morgan fingerprint density at radius 3 is 2.56 bits per heavy atom. The van der Waals surface area contributed by atoms with E-state index in [-0.39, 0.29) is 11.1 Å². The molecular formula is C18H18ClF3N4O. The van der Waals surface area contributed by atoms with Crippen LogP contribution in [-0.4, -0.2) is 42.1 Å². The molecule has 1 N–H and O–H groups in total. The average molecular weight is 399 g/mol. The van der Waals surface area contributed by atoms with Gasteiger partial charge in [0.2, 0.25) is 0 Å². The van der Waals surface area contributed by atoms with Crippen LogP contribution in [0.25, 0.3) is 0 Å². The average Bonchev–Trinajstić information content (AvgIpc) is 2.66. The molecule has 144 valence electrons. The molecule has 0 spiro atoms. The minimum absolute atomic E-state index is 0.203. The first-order valence-corrected chi connectivity index (χ1v) is 8.76. The molecule has 27 heavy (non-hydrogen) atoms. The van der Waals surface area contributed by atoms with Crippen molar-refractivity contribution in [3.8, 4) is 0 Å². The van der Waals surface area contributed by atoms with Gasteiger partial charge >= 0.3 is 12.2 Å². The van der Waals surface area contributed by atoms with E-state index in [1.54, 1.807) is 29.4 Å². The van der Waals surface area contributed by atoms with Crippen LogP contribution >= 0.6 is 11.6 Å². The van der Waals surface area contributed by atoms with Gasteiger partial charge in [-0.05, 0) is 29.8 Å².